The van der Waals surface area contributed by atoms with Crippen LogP contribution in [-0.4, -0.2) is 25.7 Å². The second-order valence-electron chi connectivity index (χ2n) is 4.71. The van der Waals surface area contributed by atoms with Crippen molar-refractivity contribution in [1.82, 2.24) is 0 Å². The van der Waals surface area contributed by atoms with Crippen molar-refractivity contribution in [3.8, 4) is 0 Å². The van der Waals surface area contributed by atoms with Crippen molar-refractivity contribution in [3.05, 3.63) is 65.5 Å². The van der Waals surface area contributed by atoms with E-state index in [1.54, 1.807) is 6.07 Å². The zero-order valence-electron chi connectivity index (χ0n) is 11.7. The first-order valence-electron chi connectivity index (χ1n) is 6.28. The van der Waals surface area contributed by atoms with Gasteiger partial charge in [-0.2, -0.15) is 0 Å². The van der Waals surface area contributed by atoms with Crippen molar-refractivity contribution in [1.29, 1.82) is 0 Å². The topological polar surface area (TPSA) is 71.4 Å². The molecule has 0 radical (unpaired) electrons. The van der Waals surface area contributed by atoms with Gasteiger partial charge in [-0.05, 0) is 41.5 Å². The predicted octanol–water partition coefficient (Wildman–Crippen LogP) is 2.85. The highest BCUT2D eigenvalue weighted by Gasteiger charge is 2.13. The molecule has 0 aliphatic heterocycles. The van der Waals surface area contributed by atoms with E-state index in [9.17, 15) is 22.7 Å². The molecule has 2 aromatic rings. The van der Waals surface area contributed by atoms with Crippen LogP contribution < -0.4 is 0 Å². The van der Waals surface area contributed by atoms with Crippen molar-refractivity contribution in [3.63, 3.8) is 0 Å². The van der Waals surface area contributed by atoms with Crippen LogP contribution in [0.4, 0.5) is 4.39 Å². The molecule has 6 heteroatoms. The average Bonchev–Trinajstić information content (AvgIpc) is 2.44. The zero-order chi connectivity index (χ0) is 16.3. The molecule has 2 rings (SSSR count). The number of carboxylic acid groups (broad SMARTS) is 1. The Labute approximate surface area is 127 Å². The Balaban J connectivity index is 2.47. The molecule has 4 nitrogen and oxygen atoms in total. The summed E-state index contributed by atoms with van der Waals surface area (Å²) in [5.74, 6) is -1.65. The molecule has 22 heavy (non-hydrogen) atoms. The van der Waals surface area contributed by atoms with E-state index in [4.69, 9.17) is 0 Å². The Morgan fingerprint density at radius 1 is 1.14 bits per heavy atom. The molecule has 114 valence electrons. The van der Waals surface area contributed by atoms with Gasteiger partial charge < -0.3 is 5.11 Å². The Hall–Kier alpha value is -2.47. The molecule has 0 saturated carbocycles. The molecule has 0 aliphatic carbocycles. The molecule has 0 aliphatic rings. The Morgan fingerprint density at radius 2 is 1.77 bits per heavy atom. The standard InChI is InChI=1S/C16H13FO4S/c1-22(20,21)14-7-5-12(6-8-14)15(16(18)19)10-11-3-2-4-13(17)9-11/h2-10H,1H3,(H,18,19)/b15-10+. The number of carbonyl (C=O) groups is 1. The lowest BCUT2D eigenvalue weighted by Gasteiger charge is -2.05. The number of sulfone groups is 1. The fourth-order valence-corrected chi connectivity index (χ4v) is 2.54. The monoisotopic (exact) mass is 320 g/mol. The summed E-state index contributed by atoms with van der Waals surface area (Å²) in [6.45, 7) is 0. The van der Waals surface area contributed by atoms with Gasteiger partial charge in [0.2, 0.25) is 0 Å². The molecular formula is C16H13FO4S. The molecule has 0 bridgehead atoms. The maximum atomic E-state index is 13.2. The number of rotatable bonds is 4. The molecular weight excluding hydrogens is 307 g/mol. The van der Waals surface area contributed by atoms with E-state index in [0.717, 1.165) is 6.26 Å². The van der Waals surface area contributed by atoms with E-state index in [1.165, 1.54) is 48.5 Å². The summed E-state index contributed by atoms with van der Waals surface area (Å²) >= 11 is 0. The summed E-state index contributed by atoms with van der Waals surface area (Å²) in [6, 6.07) is 11.0. The minimum Gasteiger partial charge on any atom is -0.478 e. The second kappa shape index (κ2) is 6.11. The van der Waals surface area contributed by atoms with E-state index >= 15 is 0 Å². The van der Waals surface area contributed by atoms with Crippen molar-refractivity contribution < 1.29 is 22.7 Å². The van der Waals surface area contributed by atoms with Gasteiger partial charge in [0.15, 0.2) is 9.84 Å². The molecule has 1 N–H and O–H groups in total. The van der Waals surface area contributed by atoms with Crippen LogP contribution >= 0.6 is 0 Å². The number of benzene rings is 2. The van der Waals surface area contributed by atoms with Gasteiger partial charge in [-0.1, -0.05) is 24.3 Å². The quantitative estimate of drug-likeness (QED) is 0.694. The van der Waals surface area contributed by atoms with Crippen LogP contribution in [0.15, 0.2) is 53.4 Å². The number of carboxylic acids is 1. The van der Waals surface area contributed by atoms with Crippen molar-refractivity contribution in [2.45, 2.75) is 4.90 Å². The summed E-state index contributed by atoms with van der Waals surface area (Å²) in [4.78, 5) is 11.5. The third kappa shape index (κ3) is 3.79. The highest BCUT2D eigenvalue weighted by atomic mass is 32.2. The summed E-state index contributed by atoms with van der Waals surface area (Å²) < 4.78 is 36.0. The fourth-order valence-electron chi connectivity index (χ4n) is 1.91. The summed E-state index contributed by atoms with van der Waals surface area (Å²) in [5.41, 5.74) is 0.694. The smallest absolute Gasteiger partial charge is 0.336 e. The third-order valence-corrected chi connectivity index (χ3v) is 4.11. The zero-order valence-corrected chi connectivity index (χ0v) is 12.5. The highest BCUT2D eigenvalue weighted by molar-refractivity contribution is 7.90. The molecule has 2 aromatic carbocycles. The third-order valence-electron chi connectivity index (χ3n) is 2.98. The first kappa shape index (κ1) is 15.9. The summed E-state index contributed by atoms with van der Waals surface area (Å²) in [6.07, 6.45) is 2.41. The first-order chi connectivity index (χ1) is 10.3. The number of aliphatic carboxylic acids is 1. The van der Waals surface area contributed by atoms with Crippen LogP contribution in [0.5, 0.6) is 0 Å². The first-order valence-corrected chi connectivity index (χ1v) is 8.17. The van der Waals surface area contributed by atoms with E-state index in [1.807, 2.05) is 0 Å². The van der Waals surface area contributed by atoms with Gasteiger partial charge in [-0.15, -0.1) is 0 Å². The van der Waals surface area contributed by atoms with Crippen LogP contribution in [0.3, 0.4) is 0 Å². The van der Waals surface area contributed by atoms with Gasteiger partial charge in [0.25, 0.3) is 0 Å². The van der Waals surface area contributed by atoms with Crippen LogP contribution in [0.1, 0.15) is 11.1 Å². The van der Waals surface area contributed by atoms with Crippen LogP contribution in [0.25, 0.3) is 11.6 Å². The molecule has 0 saturated heterocycles. The largest absolute Gasteiger partial charge is 0.478 e. The van der Waals surface area contributed by atoms with Crippen LogP contribution in [0.2, 0.25) is 0 Å². The maximum absolute atomic E-state index is 13.2. The van der Waals surface area contributed by atoms with Crippen molar-refractivity contribution in [2.24, 2.45) is 0 Å². The lowest BCUT2D eigenvalue weighted by atomic mass is 10.0. The lowest BCUT2D eigenvalue weighted by molar-refractivity contribution is -0.130. The average molecular weight is 320 g/mol. The minimum atomic E-state index is -3.35. The van der Waals surface area contributed by atoms with Gasteiger partial charge in [0, 0.05) is 6.26 Å². The highest BCUT2D eigenvalue weighted by Crippen LogP contribution is 2.21. The number of halogens is 1. The molecule has 0 atom stereocenters. The van der Waals surface area contributed by atoms with Gasteiger partial charge in [0.1, 0.15) is 5.82 Å². The maximum Gasteiger partial charge on any atom is 0.336 e. The molecule has 0 aromatic heterocycles. The predicted molar refractivity (Wildman–Crippen MR) is 81.5 cm³/mol. The summed E-state index contributed by atoms with van der Waals surface area (Å²) in [5, 5.41) is 9.31. The van der Waals surface area contributed by atoms with Crippen LogP contribution in [-0.2, 0) is 14.6 Å². The molecule has 0 heterocycles. The fraction of sp³-hybridized carbons (Fsp3) is 0.0625. The van der Waals surface area contributed by atoms with Gasteiger partial charge >= 0.3 is 5.97 Å². The van der Waals surface area contributed by atoms with Gasteiger partial charge in [-0.25, -0.2) is 17.6 Å². The van der Waals surface area contributed by atoms with E-state index in [2.05, 4.69) is 0 Å². The molecule has 0 amide bonds. The Kier molecular flexibility index (Phi) is 4.42. The number of hydrogen-bond donors (Lipinski definition) is 1. The molecule has 0 spiro atoms. The normalized spacial score (nSPS) is 12.2. The Morgan fingerprint density at radius 3 is 2.27 bits per heavy atom. The van der Waals surface area contributed by atoms with E-state index in [-0.39, 0.29) is 10.5 Å². The van der Waals surface area contributed by atoms with Gasteiger partial charge in [-0.3, -0.25) is 0 Å². The molecule has 0 unspecified atom stereocenters. The van der Waals surface area contributed by atoms with E-state index in [0.29, 0.717) is 11.1 Å². The Bertz CT molecular complexity index is 837. The minimum absolute atomic E-state index is 0.0503. The van der Waals surface area contributed by atoms with Crippen LogP contribution in [0, 0.1) is 5.82 Å². The lowest BCUT2D eigenvalue weighted by Crippen LogP contribution is -2.01. The van der Waals surface area contributed by atoms with Gasteiger partial charge in [0.05, 0.1) is 10.5 Å². The second-order valence-corrected chi connectivity index (χ2v) is 6.73. The van der Waals surface area contributed by atoms with Crippen molar-refractivity contribution >= 4 is 27.5 Å². The SMILES string of the molecule is CS(=O)(=O)c1ccc(/C(=C\c2cccc(F)c2)C(=O)O)cc1. The van der Waals surface area contributed by atoms with E-state index < -0.39 is 21.6 Å². The summed E-state index contributed by atoms with van der Waals surface area (Å²) in [7, 11) is -3.35. The molecule has 0 fully saturated rings. The van der Waals surface area contributed by atoms with Crippen molar-refractivity contribution in [2.75, 3.05) is 6.26 Å². The number of hydrogen-bond acceptors (Lipinski definition) is 3.